The van der Waals surface area contributed by atoms with Gasteiger partial charge in [-0.1, -0.05) is 121 Å². The summed E-state index contributed by atoms with van der Waals surface area (Å²) in [5.74, 6) is 1.69. The van der Waals surface area contributed by atoms with Gasteiger partial charge in [0.1, 0.15) is 0 Å². The lowest BCUT2D eigenvalue weighted by Gasteiger charge is -2.06. The van der Waals surface area contributed by atoms with E-state index in [1.807, 2.05) is 84.9 Å². The van der Waals surface area contributed by atoms with E-state index in [9.17, 15) is 9.59 Å². The number of nitrogens with two attached hydrogens (primary N) is 8. The Balaban J connectivity index is 0.000000211. The van der Waals surface area contributed by atoms with Gasteiger partial charge in [0, 0.05) is 46.2 Å². The van der Waals surface area contributed by atoms with Crippen molar-refractivity contribution in [3.8, 4) is 45.6 Å². The van der Waals surface area contributed by atoms with Gasteiger partial charge in [0.2, 0.25) is 47.6 Å². The van der Waals surface area contributed by atoms with Gasteiger partial charge in [0.15, 0.2) is 34.9 Å². The second-order valence-electron chi connectivity index (χ2n) is 17.0. The Morgan fingerprint density at radius 3 is 0.910 bits per heavy atom. The first kappa shape index (κ1) is 51.3. The predicted octanol–water partition coefficient (Wildman–Crippen LogP) is 6.88. The summed E-state index contributed by atoms with van der Waals surface area (Å²) < 4.78 is 0. The molecule has 16 N–H and O–H groups in total. The molecule has 0 atom stereocenters. The minimum atomic E-state index is -0.0781. The van der Waals surface area contributed by atoms with Crippen LogP contribution in [0.5, 0.6) is 0 Å². The average Bonchev–Trinajstić information content (AvgIpc) is 3.44. The standard InChI is InChI=1S/C34H28N12O2.C20H18N10/c35-31-39-29(40-32(36)43-31)23-5-1-3-21(17-23)27(47)15-19-7-11-25(12-8-19)45-46-26-13-9-20(10-14-26)16-28(48)22-4-2-6-24(18-22)30-41-33(37)44-34(38)42-30;21-17-25-15(26-18(22)29-17)13-7-3-11(4-8-13)1-2-12-5-9-14(10-6-12)16-27-19(23)30-20(24)28-16/h1-14,17-18H,15-16H2,(H4,35,36,39,40,43)(H4,37,38,41,42,44);1-10H,(H4,21,22,25,26,29)(H4,23,24,27,28,30)/b;2-1+. The van der Waals surface area contributed by atoms with Crippen molar-refractivity contribution >= 4 is 82.7 Å². The topological polar surface area (TPSA) is 422 Å². The Hall–Kier alpha value is -11.6. The first-order chi connectivity index (χ1) is 37.6. The van der Waals surface area contributed by atoms with Gasteiger partial charge in [-0.15, -0.1) is 0 Å². The van der Waals surface area contributed by atoms with E-state index < -0.39 is 0 Å². The van der Waals surface area contributed by atoms with Crippen molar-refractivity contribution in [1.29, 1.82) is 0 Å². The molecule has 0 saturated heterocycles. The van der Waals surface area contributed by atoms with E-state index in [1.54, 1.807) is 72.8 Å². The Labute approximate surface area is 444 Å². The van der Waals surface area contributed by atoms with Crippen LogP contribution in [0.2, 0.25) is 0 Å². The number of benzene rings is 6. The van der Waals surface area contributed by atoms with Crippen LogP contribution in [-0.4, -0.2) is 71.4 Å². The van der Waals surface area contributed by atoms with E-state index in [0.717, 1.165) is 33.4 Å². The third-order valence-electron chi connectivity index (χ3n) is 11.3. The molecule has 0 unspecified atom stereocenters. The predicted molar refractivity (Wildman–Crippen MR) is 298 cm³/mol. The number of hydrogen-bond acceptors (Lipinski definition) is 24. The van der Waals surface area contributed by atoms with Gasteiger partial charge in [-0.05, 0) is 58.7 Å². The average molecular weight is 1040 g/mol. The van der Waals surface area contributed by atoms with Gasteiger partial charge < -0.3 is 45.9 Å². The highest BCUT2D eigenvalue weighted by Gasteiger charge is 2.14. The number of carbonyl (C=O) groups excluding carboxylic acids is 2. The van der Waals surface area contributed by atoms with Crippen LogP contribution in [0, 0.1) is 0 Å². The lowest BCUT2D eigenvalue weighted by molar-refractivity contribution is 0.0985. The van der Waals surface area contributed by atoms with Crippen LogP contribution in [0.25, 0.3) is 57.7 Å². The van der Waals surface area contributed by atoms with Crippen molar-refractivity contribution in [3.05, 3.63) is 179 Å². The maximum absolute atomic E-state index is 13.0. The number of rotatable bonds is 14. The van der Waals surface area contributed by atoms with Crippen LogP contribution in [0.15, 0.2) is 156 Å². The number of aromatic nitrogens is 12. The van der Waals surface area contributed by atoms with Crippen molar-refractivity contribution in [2.45, 2.75) is 12.8 Å². The maximum atomic E-state index is 13.0. The van der Waals surface area contributed by atoms with Crippen molar-refractivity contribution in [1.82, 2.24) is 59.8 Å². The molecule has 24 heteroatoms. The lowest BCUT2D eigenvalue weighted by Crippen LogP contribution is -2.06. The van der Waals surface area contributed by atoms with Gasteiger partial charge in [-0.2, -0.15) is 70.0 Å². The van der Waals surface area contributed by atoms with Crippen LogP contribution < -0.4 is 45.9 Å². The summed E-state index contributed by atoms with van der Waals surface area (Å²) in [5, 5.41) is 8.61. The SMILES string of the molecule is Nc1nc(N)nc(-c2ccc(/C=C/c3ccc(-c4nc(N)nc(N)n4)cc3)cc2)n1.Nc1nc(N)nc(-c2cccc(C(=O)Cc3ccc(N=Nc4ccc(CC(=O)c5cccc(-c6nc(N)nc(N)n6)c5)cc4)cc3)c2)n1. The molecule has 6 aromatic carbocycles. The molecule has 0 radical (unpaired) electrons. The fourth-order valence-electron chi connectivity index (χ4n) is 7.55. The number of azo groups is 1. The number of Topliss-reactive ketones (excluding diaryl/α,β-unsaturated/α-hetero) is 2. The molecule has 24 nitrogen and oxygen atoms in total. The van der Waals surface area contributed by atoms with Gasteiger partial charge >= 0.3 is 0 Å². The second-order valence-corrected chi connectivity index (χ2v) is 17.0. The molecule has 0 spiro atoms. The number of anilines is 8. The van der Waals surface area contributed by atoms with E-state index in [1.165, 1.54) is 0 Å². The van der Waals surface area contributed by atoms with Crippen LogP contribution in [-0.2, 0) is 12.8 Å². The van der Waals surface area contributed by atoms with Crippen molar-refractivity contribution < 1.29 is 9.59 Å². The molecule has 0 bridgehead atoms. The van der Waals surface area contributed by atoms with Crippen molar-refractivity contribution in [2.75, 3.05) is 45.9 Å². The molecule has 78 heavy (non-hydrogen) atoms. The first-order valence-electron chi connectivity index (χ1n) is 23.5. The minimum Gasteiger partial charge on any atom is -0.368 e. The summed E-state index contributed by atoms with van der Waals surface area (Å²) in [6.07, 6.45) is 4.36. The molecule has 4 aromatic heterocycles. The van der Waals surface area contributed by atoms with Gasteiger partial charge in [-0.3, -0.25) is 9.59 Å². The molecule has 0 saturated carbocycles. The summed E-state index contributed by atoms with van der Waals surface area (Å²) in [7, 11) is 0. The second kappa shape index (κ2) is 23.1. The quantitative estimate of drug-likeness (QED) is 0.0312. The first-order valence-corrected chi connectivity index (χ1v) is 23.5. The molecule has 384 valence electrons. The zero-order valence-electron chi connectivity index (χ0n) is 41.1. The van der Waals surface area contributed by atoms with E-state index in [4.69, 9.17) is 45.9 Å². The van der Waals surface area contributed by atoms with Gasteiger partial charge in [-0.25, -0.2) is 0 Å². The van der Waals surface area contributed by atoms with Crippen molar-refractivity contribution in [2.24, 2.45) is 10.2 Å². The molecule has 10 aromatic rings. The van der Waals surface area contributed by atoms with Crippen LogP contribution >= 0.6 is 0 Å². The summed E-state index contributed by atoms with van der Waals surface area (Å²) in [4.78, 5) is 73.9. The van der Waals surface area contributed by atoms with E-state index in [0.29, 0.717) is 56.9 Å². The monoisotopic (exact) mass is 1030 g/mol. The van der Waals surface area contributed by atoms with Gasteiger partial charge in [0.05, 0.1) is 11.4 Å². The van der Waals surface area contributed by atoms with Gasteiger partial charge in [0.25, 0.3) is 0 Å². The molecular formula is C54H46N22O2. The highest BCUT2D eigenvalue weighted by molar-refractivity contribution is 5.99. The fraction of sp³-hybridized carbons (Fsp3) is 0.0370. The summed E-state index contributed by atoms with van der Waals surface area (Å²) in [6.45, 7) is 0. The Morgan fingerprint density at radius 1 is 0.333 bits per heavy atom. The largest absolute Gasteiger partial charge is 0.368 e. The molecule has 0 aliphatic heterocycles. The minimum absolute atomic E-state index is 0.00555. The lowest BCUT2D eigenvalue weighted by atomic mass is 10.0. The van der Waals surface area contributed by atoms with Crippen LogP contribution in [0.3, 0.4) is 0 Å². The van der Waals surface area contributed by atoms with Crippen LogP contribution in [0.4, 0.5) is 59.0 Å². The third-order valence-corrected chi connectivity index (χ3v) is 11.3. The highest BCUT2D eigenvalue weighted by atomic mass is 16.1. The Morgan fingerprint density at radius 2 is 0.615 bits per heavy atom. The summed E-state index contributed by atoms with van der Waals surface area (Å²) in [6, 6.07) is 43.8. The zero-order valence-corrected chi connectivity index (χ0v) is 41.1. The number of nitrogen functional groups attached to an aromatic ring is 8. The van der Waals surface area contributed by atoms with E-state index in [-0.39, 0.29) is 72.0 Å². The number of hydrogen-bond donors (Lipinski definition) is 8. The molecular weight excluding hydrogens is 989 g/mol. The maximum Gasteiger partial charge on any atom is 0.225 e. The molecule has 0 aliphatic rings. The Bertz CT molecular complexity index is 3540. The Kier molecular flexibility index (Phi) is 15.2. The smallest absolute Gasteiger partial charge is 0.225 e. The fourth-order valence-corrected chi connectivity index (χ4v) is 7.55. The van der Waals surface area contributed by atoms with E-state index in [2.05, 4.69) is 70.0 Å². The molecule has 10 rings (SSSR count). The number of ketones is 2. The van der Waals surface area contributed by atoms with Crippen molar-refractivity contribution in [3.63, 3.8) is 0 Å². The molecule has 0 fully saturated rings. The summed E-state index contributed by atoms with van der Waals surface area (Å²) in [5.41, 5.74) is 54.0. The third kappa shape index (κ3) is 13.5. The number of nitrogens with zero attached hydrogens (tertiary/aromatic N) is 14. The summed E-state index contributed by atoms with van der Waals surface area (Å²) >= 11 is 0. The van der Waals surface area contributed by atoms with Crippen LogP contribution in [0.1, 0.15) is 43.0 Å². The molecule has 4 heterocycles. The highest BCUT2D eigenvalue weighted by Crippen LogP contribution is 2.25. The molecule has 0 aliphatic carbocycles. The number of carbonyl (C=O) groups is 2. The normalized spacial score (nSPS) is 11.1. The molecule has 0 amide bonds. The zero-order chi connectivity index (χ0) is 54.7. The van der Waals surface area contributed by atoms with E-state index >= 15 is 0 Å².